The minimum atomic E-state index is -0.325. The van der Waals surface area contributed by atoms with Crippen molar-refractivity contribution in [3.8, 4) is 0 Å². The summed E-state index contributed by atoms with van der Waals surface area (Å²) in [7, 11) is 1.43. The van der Waals surface area contributed by atoms with Crippen LogP contribution in [-0.4, -0.2) is 19.4 Å². The highest BCUT2D eigenvalue weighted by molar-refractivity contribution is 7.58. The van der Waals surface area contributed by atoms with E-state index in [1.165, 1.54) is 12.1 Å². The van der Waals surface area contributed by atoms with Crippen molar-refractivity contribution in [2.45, 2.75) is 25.6 Å². The van der Waals surface area contributed by atoms with Gasteiger partial charge in [0.15, 0.2) is 0 Å². The number of hydrogen-bond donors (Lipinski definition) is 0. The van der Waals surface area contributed by atoms with Crippen LogP contribution in [0.1, 0.15) is 25.8 Å². The second-order valence-corrected chi connectivity index (χ2v) is 7.23. The van der Waals surface area contributed by atoms with Gasteiger partial charge in [-0.25, -0.2) is 4.39 Å². The molecule has 0 radical (unpaired) electrons. The highest BCUT2D eigenvalue weighted by atomic mass is 31.1. The maximum Gasteiger partial charge on any atom is 0.123 e. The van der Waals surface area contributed by atoms with Gasteiger partial charge >= 0.3 is 0 Å². The number of ether oxygens (including phenoxy) is 1. The van der Waals surface area contributed by atoms with Gasteiger partial charge in [-0.05, 0) is 30.0 Å². The first-order chi connectivity index (χ1) is 8.64. The third-order valence-corrected chi connectivity index (χ3v) is 6.50. The average molecular weight is 268 g/mol. The fourth-order valence-corrected chi connectivity index (χ4v) is 5.03. The van der Waals surface area contributed by atoms with Crippen LogP contribution in [0.4, 0.5) is 4.39 Å². The highest BCUT2D eigenvalue weighted by Gasteiger charge is 2.37. The largest absolute Gasteiger partial charge is 0.369 e. The molecule has 0 fully saturated rings. The zero-order valence-electron chi connectivity index (χ0n) is 11.4. The minimum absolute atomic E-state index is 0.209. The predicted octanol–water partition coefficient (Wildman–Crippen LogP) is 4.72. The van der Waals surface area contributed by atoms with Gasteiger partial charge in [-0.2, -0.15) is 0 Å². The van der Waals surface area contributed by atoms with Crippen LogP contribution in [0, 0.1) is 5.82 Å². The lowest BCUT2D eigenvalue weighted by atomic mass is 10.1. The molecule has 1 rings (SSSR count). The number of hydrogen-bond acceptors (Lipinski definition) is 1. The van der Waals surface area contributed by atoms with Crippen LogP contribution in [-0.2, 0) is 10.1 Å². The Balaban J connectivity index is 3.24. The Morgan fingerprint density at radius 1 is 1.28 bits per heavy atom. The number of methoxy groups -OCH3 is 1. The SMILES string of the molecule is C=CCC(OC)(c1ccc(F)cc1)P(CC)CC. The maximum absolute atomic E-state index is 13.1. The summed E-state index contributed by atoms with van der Waals surface area (Å²) in [6, 6.07) is 6.68. The van der Waals surface area contributed by atoms with E-state index in [1.807, 2.05) is 18.2 Å². The third kappa shape index (κ3) is 2.99. The van der Waals surface area contributed by atoms with E-state index in [-0.39, 0.29) is 19.1 Å². The lowest BCUT2D eigenvalue weighted by Gasteiger charge is -2.39. The van der Waals surface area contributed by atoms with Crippen LogP contribution in [0.5, 0.6) is 0 Å². The summed E-state index contributed by atoms with van der Waals surface area (Å²) in [5.74, 6) is -0.209. The summed E-state index contributed by atoms with van der Waals surface area (Å²) >= 11 is 0. The van der Waals surface area contributed by atoms with Crippen LogP contribution in [0.15, 0.2) is 36.9 Å². The van der Waals surface area contributed by atoms with Crippen molar-refractivity contribution in [3.63, 3.8) is 0 Å². The number of halogens is 1. The fraction of sp³-hybridized carbons (Fsp3) is 0.467. The lowest BCUT2D eigenvalue weighted by molar-refractivity contribution is 0.0657. The maximum atomic E-state index is 13.1. The van der Waals surface area contributed by atoms with Gasteiger partial charge in [-0.1, -0.05) is 40.0 Å². The smallest absolute Gasteiger partial charge is 0.123 e. The second-order valence-electron chi connectivity index (χ2n) is 4.16. The summed E-state index contributed by atoms with van der Waals surface area (Å²) in [5.41, 5.74) is 1.06. The first-order valence-corrected chi connectivity index (χ1v) is 8.03. The summed E-state index contributed by atoms with van der Waals surface area (Å²) < 4.78 is 19.0. The molecule has 0 heterocycles. The van der Waals surface area contributed by atoms with Crippen molar-refractivity contribution in [2.75, 3.05) is 19.4 Å². The minimum Gasteiger partial charge on any atom is -0.369 e. The van der Waals surface area contributed by atoms with Crippen molar-refractivity contribution in [1.82, 2.24) is 0 Å². The Morgan fingerprint density at radius 2 is 1.83 bits per heavy atom. The van der Waals surface area contributed by atoms with Crippen molar-refractivity contribution < 1.29 is 9.13 Å². The second kappa shape index (κ2) is 7.01. The van der Waals surface area contributed by atoms with Crippen LogP contribution < -0.4 is 0 Å². The van der Waals surface area contributed by atoms with Gasteiger partial charge < -0.3 is 4.74 Å². The molecule has 1 aromatic rings. The van der Waals surface area contributed by atoms with Gasteiger partial charge in [-0.3, -0.25) is 0 Å². The molecule has 0 spiro atoms. The molecule has 18 heavy (non-hydrogen) atoms. The van der Waals surface area contributed by atoms with E-state index in [9.17, 15) is 4.39 Å². The highest BCUT2D eigenvalue weighted by Crippen LogP contribution is 2.58. The molecule has 1 atom stereocenters. The van der Waals surface area contributed by atoms with E-state index in [1.54, 1.807) is 7.11 Å². The molecule has 0 saturated carbocycles. The van der Waals surface area contributed by atoms with Gasteiger partial charge in [0, 0.05) is 13.5 Å². The Bertz CT molecular complexity index is 373. The molecule has 1 aromatic carbocycles. The van der Waals surface area contributed by atoms with Crippen LogP contribution >= 0.6 is 7.92 Å². The molecule has 0 bridgehead atoms. The lowest BCUT2D eigenvalue weighted by Crippen LogP contribution is -2.27. The average Bonchev–Trinajstić information content (AvgIpc) is 2.39. The predicted molar refractivity (Wildman–Crippen MR) is 77.9 cm³/mol. The van der Waals surface area contributed by atoms with Gasteiger partial charge in [0.25, 0.3) is 0 Å². The number of rotatable bonds is 7. The molecule has 0 saturated heterocycles. The molecule has 100 valence electrons. The number of benzene rings is 1. The molecule has 0 aromatic heterocycles. The Labute approximate surface area is 111 Å². The normalized spacial score (nSPS) is 14.5. The van der Waals surface area contributed by atoms with Crippen molar-refractivity contribution >= 4 is 7.92 Å². The molecule has 0 aliphatic heterocycles. The summed E-state index contributed by atoms with van der Waals surface area (Å²) in [6.45, 7) is 8.22. The fourth-order valence-electron chi connectivity index (χ4n) is 2.40. The molecule has 0 aliphatic rings. The third-order valence-electron chi connectivity index (χ3n) is 3.33. The van der Waals surface area contributed by atoms with Crippen LogP contribution in [0.2, 0.25) is 0 Å². The van der Waals surface area contributed by atoms with E-state index >= 15 is 0 Å². The molecular formula is C15H22FOP. The molecule has 0 N–H and O–H groups in total. The molecule has 1 unspecified atom stereocenters. The van der Waals surface area contributed by atoms with Crippen molar-refractivity contribution in [3.05, 3.63) is 48.3 Å². The molecule has 1 nitrogen and oxygen atoms in total. The van der Waals surface area contributed by atoms with E-state index in [4.69, 9.17) is 4.74 Å². The molecule has 3 heteroatoms. The summed E-state index contributed by atoms with van der Waals surface area (Å²) in [4.78, 5) is 0. The Hall–Kier alpha value is -0.720. The van der Waals surface area contributed by atoms with E-state index < -0.39 is 0 Å². The quantitative estimate of drug-likeness (QED) is 0.513. The van der Waals surface area contributed by atoms with Gasteiger partial charge in [0.05, 0.1) is 0 Å². The van der Waals surface area contributed by atoms with Gasteiger partial charge in [-0.15, -0.1) is 6.58 Å². The topological polar surface area (TPSA) is 9.23 Å². The van der Waals surface area contributed by atoms with Crippen molar-refractivity contribution in [2.24, 2.45) is 0 Å². The van der Waals surface area contributed by atoms with Crippen LogP contribution in [0.25, 0.3) is 0 Å². The summed E-state index contributed by atoms with van der Waals surface area (Å²) in [6.07, 6.45) is 4.84. The van der Waals surface area contributed by atoms with Gasteiger partial charge in [0.2, 0.25) is 0 Å². The molecular weight excluding hydrogens is 246 g/mol. The van der Waals surface area contributed by atoms with E-state index in [0.717, 1.165) is 24.3 Å². The van der Waals surface area contributed by atoms with E-state index in [2.05, 4.69) is 20.4 Å². The van der Waals surface area contributed by atoms with E-state index in [0.29, 0.717) is 0 Å². The molecule has 0 amide bonds. The monoisotopic (exact) mass is 268 g/mol. The first kappa shape index (κ1) is 15.3. The Morgan fingerprint density at radius 3 is 2.22 bits per heavy atom. The standard InChI is InChI=1S/C15H22FOP/c1-5-12-15(17-4,18(6-2)7-3)13-8-10-14(16)11-9-13/h5,8-11H,1,6-7,12H2,2-4H3. The van der Waals surface area contributed by atoms with Crippen LogP contribution in [0.3, 0.4) is 0 Å². The zero-order valence-corrected chi connectivity index (χ0v) is 12.3. The zero-order chi connectivity index (χ0) is 13.6. The summed E-state index contributed by atoms with van der Waals surface area (Å²) in [5, 5.41) is -0.325. The first-order valence-electron chi connectivity index (χ1n) is 6.31. The molecule has 0 aliphatic carbocycles. The Kier molecular flexibility index (Phi) is 5.98. The van der Waals surface area contributed by atoms with Gasteiger partial charge in [0.1, 0.15) is 11.2 Å². The van der Waals surface area contributed by atoms with Crippen molar-refractivity contribution in [1.29, 1.82) is 0 Å².